The summed E-state index contributed by atoms with van der Waals surface area (Å²) in [6.45, 7) is 6.87. The lowest BCUT2D eigenvalue weighted by Crippen LogP contribution is -2.54. The Morgan fingerprint density at radius 1 is 1.31 bits per heavy atom. The molecule has 0 radical (unpaired) electrons. The first-order chi connectivity index (χ1) is 18.7. The Morgan fingerprint density at radius 3 is 2.79 bits per heavy atom. The normalized spacial score (nSPS) is 16.9. The molecule has 0 aliphatic carbocycles. The lowest BCUT2D eigenvalue weighted by atomic mass is 10.0. The van der Waals surface area contributed by atoms with E-state index in [0.29, 0.717) is 52.5 Å². The van der Waals surface area contributed by atoms with Crippen LogP contribution >= 0.6 is 23.4 Å². The summed E-state index contributed by atoms with van der Waals surface area (Å²) in [7, 11) is 1.50. The van der Waals surface area contributed by atoms with Crippen LogP contribution in [0.1, 0.15) is 6.92 Å². The number of piperazine rings is 1. The fourth-order valence-corrected chi connectivity index (χ4v) is 6.40. The molecule has 3 aromatic rings. The van der Waals surface area contributed by atoms with Crippen molar-refractivity contribution >= 4 is 51.7 Å². The number of rotatable bonds is 7. The summed E-state index contributed by atoms with van der Waals surface area (Å²) in [5.41, 5.74) is 0.936. The van der Waals surface area contributed by atoms with Gasteiger partial charge >= 0.3 is 5.69 Å². The zero-order chi connectivity index (χ0) is 27.8. The zero-order valence-corrected chi connectivity index (χ0v) is 22.8. The molecule has 8 nitrogen and oxygen atoms in total. The molecule has 2 aliphatic rings. The van der Waals surface area contributed by atoms with Crippen molar-refractivity contribution in [2.24, 2.45) is 0 Å². The van der Waals surface area contributed by atoms with Gasteiger partial charge in [0.1, 0.15) is 24.2 Å². The zero-order valence-electron chi connectivity index (χ0n) is 21.2. The first-order valence-corrected chi connectivity index (χ1v) is 13.4. The minimum absolute atomic E-state index is 0.0240. The van der Waals surface area contributed by atoms with Crippen molar-refractivity contribution in [1.82, 2.24) is 14.5 Å². The average Bonchev–Trinajstić information content (AvgIpc) is 2.91. The predicted molar refractivity (Wildman–Crippen MR) is 148 cm³/mol. The van der Waals surface area contributed by atoms with E-state index < -0.39 is 17.3 Å². The molecular formula is C27H25ClF2N4O4S. The van der Waals surface area contributed by atoms with Crippen LogP contribution in [0, 0.1) is 11.6 Å². The summed E-state index contributed by atoms with van der Waals surface area (Å²) in [5, 5.41) is 2.54. The van der Waals surface area contributed by atoms with Gasteiger partial charge in [-0.05, 0) is 36.6 Å². The number of carbonyl (C=O) groups excluding carboxylic acids is 1. The van der Waals surface area contributed by atoms with E-state index in [1.807, 2.05) is 11.8 Å². The topological polar surface area (TPSA) is 76.9 Å². The first-order valence-electron chi connectivity index (χ1n) is 12.1. The predicted octanol–water partition coefficient (Wildman–Crippen LogP) is 4.74. The fourth-order valence-electron chi connectivity index (χ4n) is 4.96. The van der Waals surface area contributed by atoms with Crippen LogP contribution in [0.2, 0.25) is 5.02 Å². The van der Waals surface area contributed by atoms with Crippen molar-refractivity contribution in [2.75, 3.05) is 45.0 Å². The van der Waals surface area contributed by atoms with Gasteiger partial charge in [0.25, 0.3) is 0 Å². The fraction of sp³-hybridized carbons (Fsp3) is 0.296. The molecule has 1 fully saturated rings. The highest BCUT2D eigenvalue weighted by molar-refractivity contribution is 8.02. The maximum Gasteiger partial charge on any atom is 0.354 e. The highest BCUT2D eigenvalue weighted by Crippen LogP contribution is 2.47. The van der Waals surface area contributed by atoms with Crippen molar-refractivity contribution in [1.29, 1.82) is 0 Å². The van der Waals surface area contributed by atoms with E-state index in [0.717, 1.165) is 12.1 Å². The molecule has 0 unspecified atom stereocenters. The molecule has 1 aromatic heterocycles. The molecule has 1 amide bonds. The van der Waals surface area contributed by atoms with Crippen LogP contribution in [0.25, 0.3) is 27.7 Å². The number of nitrogens with zero attached hydrogens (tertiary/aromatic N) is 4. The van der Waals surface area contributed by atoms with E-state index >= 15 is 0 Å². The highest BCUT2D eigenvalue weighted by Gasteiger charge is 2.32. The summed E-state index contributed by atoms with van der Waals surface area (Å²) in [6, 6.07) is 4.78. The second-order valence-electron chi connectivity index (χ2n) is 9.15. The van der Waals surface area contributed by atoms with E-state index in [1.54, 1.807) is 16.4 Å². The highest BCUT2D eigenvalue weighted by atomic mass is 35.5. The minimum atomic E-state index is -0.772. The smallest absolute Gasteiger partial charge is 0.354 e. The molecule has 2 aromatic carbocycles. The number of hydrogen-bond donors (Lipinski definition) is 0. The van der Waals surface area contributed by atoms with Gasteiger partial charge in [-0.1, -0.05) is 29.9 Å². The third-order valence-corrected chi connectivity index (χ3v) is 8.02. The Labute approximate surface area is 232 Å². The summed E-state index contributed by atoms with van der Waals surface area (Å²) >= 11 is 8.06. The number of hydrogen-bond acceptors (Lipinski definition) is 7. The molecule has 1 saturated heterocycles. The molecule has 3 heterocycles. The summed E-state index contributed by atoms with van der Waals surface area (Å²) < 4.78 is 40.6. The number of anilines is 1. The Balaban J connectivity index is 1.72. The molecule has 5 rings (SSSR count). The van der Waals surface area contributed by atoms with E-state index in [9.17, 15) is 18.4 Å². The van der Waals surface area contributed by atoms with Crippen LogP contribution in [0.4, 0.5) is 14.6 Å². The van der Waals surface area contributed by atoms with Crippen LogP contribution in [-0.4, -0.2) is 66.5 Å². The quantitative estimate of drug-likeness (QED) is 0.229. The van der Waals surface area contributed by atoms with Gasteiger partial charge in [0, 0.05) is 60.3 Å². The van der Waals surface area contributed by atoms with Crippen LogP contribution in [-0.2, 0) is 14.3 Å². The lowest BCUT2D eigenvalue weighted by Gasteiger charge is -2.40. The minimum Gasteiger partial charge on any atom is -0.359 e. The van der Waals surface area contributed by atoms with E-state index in [-0.39, 0.29) is 35.9 Å². The van der Waals surface area contributed by atoms with Gasteiger partial charge in [-0.25, -0.2) is 13.6 Å². The monoisotopic (exact) mass is 574 g/mol. The van der Waals surface area contributed by atoms with Crippen molar-refractivity contribution < 1.29 is 23.0 Å². The maximum atomic E-state index is 15.0. The maximum absolute atomic E-state index is 15.0. The van der Waals surface area contributed by atoms with Gasteiger partial charge in [-0.2, -0.15) is 4.98 Å². The Morgan fingerprint density at radius 2 is 2.10 bits per heavy atom. The second kappa shape index (κ2) is 11.1. The number of benzene rings is 2. The molecule has 12 heteroatoms. The van der Waals surface area contributed by atoms with Gasteiger partial charge in [0.05, 0.1) is 22.8 Å². The molecule has 1 atom stereocenters. The van der Waals surface area contributed by atoms with Gasteiger partial charge in [-0.3, -0.25) is 9.36 Å². The van der Waals surface area contributed by atoms with Crippen molar-refractivity contribution in [3.63, 3.8) is 0 Å². The number of halogens is 3. The molecular weight excluding hydrogens is 550 g/mol. The first kappa shape index (κ1) is 27.3. The summed E-state index contributed by atoms with van der Waals surface area (Å²) in [4.78, 5) is 34.4. The van der Waals surface area contributed by atoms with Gasteiger partial charge < -0.3 is 19.3 Å². The number of thioether (sulfide) groups is 1. The number of aromatic nitrogens is 2. The number of ether oxygens (including phenoxy) is 2. The molecule has 0 N–H and O–H groups in total. The third-order valence-electron chi connectivity index (χ3n) is 6.70. The Kier molecular flexibility index (Phi) is 7.77. The van der Waals surface area contributed by atoms with Crippen molar-refractivity contribution in [3.8, 4) is 11.1 Å². The van der Waals surface area contributed by atoms with Crippen LogP contribution < -0.4 is 10.6 Å². The Hall–Kier alpha value is -3.25. The number of amides is 1. The van der Waals surface area contributed by atoms with Crippen molar-refractivity contribution in [3.05, 3.63) is 69.5 Å². The van der Waals surface area contributed by atoms with E-state index in [2.05, 4.69) is 11.6 Å². The largest absolute Gasteiger partial charge is 0.359 e. The van der Waals surface area contributed by atoms with Crippen LogP contribution in [0.15, 0.2) is 52.0 Å². The van der Waals surface area contributed by atoms with Gasteiger partial charge in [0.2, 0.25) is 5.91 Å². The van der Waals surface area contributed by atoms with Crippen LogP contribution in [0.3, 0.4) is 0 Å². The standard InChI is InChI=1S/C27H25ClF2N4O4S/c1-4-22(35)32-7-8-33(15(2)11-32)26-19-10-20(28)23(18-6-5-16(29)9-21(18)30)25-24(19)34(27(36)31-26)17(13-39-25)12-38-14-37-3/h4-6,9-10,13,15H,1,7-8,11-12,14H2,2-3H3/t15-/m0/s1. The molecule has 0 saturated carbocycles. The Bertz CT molecular complexity index is 1580. The third kappa shape index (κ3) is 4.95. The van der Waals surface area contributed by atoms with Crippen molar-refractivity contribution in [2.45, 2.75) is 17.9 Å². The summed E-state index contributed by atoms with van der Waals surface area (Å²) in [5.74, 6) is -1.23. The summed E-state index contributed by atoms with van der Waals surface area (Å²) in [6.07, 6.45) is 1.28. The molecule has 2 aliphatic heterocycles. The molecule has 204 valence electrons. The SMILES string of the molecule is C=CC(=O)N1CCN(c2nc(=O)n3c4c(c(-c5ccc(F)cc5F)c(Cl)cc24)SC=C3COCOC)[C@@H](C)C1. The van der Waals surface area contributed by atoms with Crippen LogP contribution in [0.5, 0.6) is 0 Å². The second-order valence-corrected chi connectivity index (χ2v) is 10.4. The molecule has 39 heavy (non-hydrogen) atoms. The van der Waals surface area contributed by atoms with E-state index in [4.69, 9.17) is 21.1 Å². The molecule has 0 bridgehead atoms. The lowest BCUT2D eigenvalue weighted by molar-refractivity contribution is -0.126. The molecule has 0 spiro atoms. The van der Waals surface area contributed by atoms with Gasteiger partial charge in [-0.15, -0.1) is 0 Å². The van der Waals surface area contributed by atoms with E-state index in [1.165, 1.54) is 35.6 Å². The number of carbonyl (C=O) groups is 1. The average molecular weight is 575 g/mol. The number of methoxy groups -OCH3 is 1. The van der Waals surface area contributed by atoms with Gasteiger partial charge in [0.15, 0.2) is 0 Å².